The van der Waals surface area contributed by atoms with Gasteiger partial charge >= 0.3 is 5.97 Å². The van der Waals surface area contributed by atoms with E-state index in [1.165, 1.54) is 26.2 Å². The SMILES string of the molecule is COC(=O)c1ccc(C#CCSC(C)=O)c([N+](=O)[O-])c1. The molecule has 0 unspecified atom stereocenters. The molecular formula is C13H11NO5S. The van der Waals surface area contributed by atoms with Gasteiger partial charge in [0.15, 0.2) is 5.12 Å². The number of ether oxygens (including phenoxy) is 1. The Morgan fingerprint density at radius 1 is 1.45 bits per heavy atom. The van der Waals surface area contributed by atoms with Gasteiger partial charge in [0.1, 0.15) is 5.56 Å². The molecule has 1 aromatic rings. The predicted octanol–water partition coefficient (Wildman–Crippen LogP) is 2.01. The molecule has 0 aliphatic carbocycles. The lowest BCUT2D eigenvalue weighted by Crippen LogP contribution is -2.03. The van der Waals surface area contributed by atoms with Gasteiger partial charge in [0.25, 0.3) is 5.69 Å². The summed E-state index contributed by atoms with van der Waals surface area (Å²) in [6.07, 6.45) is 0. The van der Waals surface area contributed by atoms with Gasteiger partial charge in [-0.05, 0) is 12.1 Å². The van der Waals surface area contributed by atoms with E-state index in [1.54, 1.807) is 0 Å². The fraction of sp³-hybridized carbons (Fsp3) is 0.231. The first-order valence-electron chi connectivity index (χ1n) is 5.44. The third kappa shape index (κ3) is 4.40. The van der Waals surface area contributed by atoms with E-state index in [-0.39, 0.29) is 27.7 Å². The fourth-order valence-corrected chi connectivity index (χ4v) is 1.65. The van der Waals surface area contributed by atoms with Crippen LogP contribution in [0, 0.1) is 22.0 Å². The molecule has 0 N–H and O–H groups in total. The first kappa shape index (κ1) is 15.7. The molecule has 0 spiro atoms. The van der Waals surface area contributed by atoms with E-state index < -0.39 is 10.9 Å². The lowest BCUT2D eigenvalue weighted by atomic mass is 10.1. The second-order valence-corrected chi connectivity index (χ2v) is 4.71. The maximum Gasteiger partial charge on any atom is 0.338 e. The third-order valence-electron chi connectivity index (χ3n) is 2.19. The molecule has 0 saturated heterocycles. The van der Waals surface area contributed by atoms with Crippen LogP contribution >= 0.6 is 11.8 Å². The molecule has 7 heteroatoms. The van der Waals surface area contributed by atoms with Gasteiger partial charge in [-0.15, -0.1) is 0 Å². The molecule has 0 amide bonds. The Balaban J connectivity index is 3.04. The highest BCUT2D eigenvalue weighted by Crippen LogP contribution is 2.20. The second kappa shape index (κ2) is 7.31. The van der Waals surface area contributed by atoms with Crippen molar-refractivity contribution in [3.05, 3.63) is 39.4 Å². The second-order valence-electron chi connectivity index (χ2n) is 3.56. The quantitative estimate of drug-likeness (QED) is 0.367. The fourth-order valence-electron chi connectivity index (χ4n) is 1.30. The lowest BCUT2D eigenvalue weighted by molar-refractivity contribution is -0.385. The molecule has 0 atom stereocenters. The van der Waals surface area contributed by atoms with Gasteiger partial charge in [-0.25, -0.2) is 4.79 Å². The Kier molecular flexibility index (Phi) is 5.74. The molecule has 104 valence electrons. The minimum Gasteiger partial charge on any atom is -0.465 e. The highest BCUT2D eigenvalue weighted by Gasteiger charge is 2.16. The summed E-state index contributed by atoms with van der Waals surface area (Å²) in [6, 6.07) is 3.91. The Bertz CT molecular complexity index is 615. The average Bonchev–Trinajstić information content (AvgIpc) is 2.42. The molecule has 0 fully saturated rings. The first-order valence-corrected chi connectivity index (χ1v) is 6.43. The maximum absolute atomic E-state index is 11.3. The number of carbonyl (C=O) groups is 2. The highest BCUT2D eigenvalue weighted by molar-refractivity contribution is 8.13. The number of nitro benzene ring substituents is 1. The smallest absolute Gasteiger partial charge is 0.338 e. The van der Waals surface area contributed by atoms with Crippen LogP contribution in [0.4, 0.5) is 5.69 Å². The van der Waals surface area contributed by atoms with Crippen LogP contribution < -0.4 is 0 Å². The maximum atomic E-state index is 11.3. The van der Waals surface area contributed by atoms with Crippen LogP contribution in [-0.4, -0.2) is 28.9 Å². The Hall–Kier alpha value is -2.33. The number of thioether (sulfide) groups is 1. The van der Waals surface area contributed by atoms with Crippen LogP contribution in [0.3, 0.4) is 0 Å². The van der Waals surface area contributed by atoms with Gasteiger partial charge in [-0.3, -0.25) is 14.9 Å². The van der Waals surface area contributed by atoms with E-state index >= 15 is 0 Å². The van der Waals surface area contributed by atoms with Gasteiger partial charge < -0.3 is 4.74 Å². The van der Waals surface area contributed by atoms with Crippen molar-refractivity contribution in [1.82, 2.24) is 0 Å². The van der Waals surface area contributed by atoms with Crippen molar-refractivity contribution in [2.45, 2.75) is 6.92 Å². The summed E-state index contributed by atoms with van der Waals surface area (Å²) in [4.78, 5) is 32.4. The summed E-state index contributed by atoms with van der Waals surface area (Å²) in [5.74, 6) is 4.88. The number of benzene rings is 1. The minimum absolute atomic E-state index is 0.0742. The van der Waals surface area contributed by atoms with Crippen LogP contribution in [-0.2, 0) is 9.53 Å². The molecule has 0 bridgehead atoms. The largest absolute Gasteiger partial charge is 0.465 e. The topological polar surface area (TPSA) is 86.5 Å². The average molecular weight is 293 g/mol. The van der Waals surface area contributed by atoms with Crippen molar-refractivity contribution in [1.29, 1.82) is 0 Å². The normalized spacial score (nSPS) is 9.30. The van der Waals surface area contributed by atoms with Crippen LogP contribution in [0.1, 0.15) is 22.8 Å². The summed E-state index contributed by atoms with van der Waals surface area (Å²) in [5, 5.41) is 10.9. The van der Waals surface area contributed by atoms with E-state index in [0.717, 1.165) is 17.8 Å². The van der Waals surface area contributed by atoms with Crippen molar-refractivity contribution in [2.75, 3.05) is 12.9 Å². The van der Waals surface area contributed by atoms with E-state index in [1.807, 2.05) is 0 Å². The Labute approximate surface area is 119 Å². The van der Waals surface area contributed by atoms with Crippen LogP contribution in [0.5, 0.6) is 0 Å². The molecule has 0 saturated carbocycles. The van der Waals surface area contributed by atoms with Crippen molar-refractivity contribution >= 4 is 28.5 Å². The number of hydrogen-bond donors (Lipinski definition) is 0. The van der Waals surface area contributed by atoms with Crippen molar-refractivity contribution in [3.8, 4) is 11.8 Å². The molecule has 0 radical (unpaired) electrons. The number of hydrogen-bond acceptors (Lipinski definition) is 6. The Morgan fingerprint density at radius 2 is 2.15 bits per heavy atom. The summed E-state index contributed by atoms with van der Waals surface area (Å²) in [5.41, 5.74) is 0.00268. The summed E-state index contributed by atoms with van der Waals surface area (Å²) in [7, 11) is 1.20. The number of carbonyl (C=O) groups excluding carboxylic acids is 2. The van der Waals surface area contributed by atoms with Gasteiger partial charge in [0, 0.05) is 13.0 Å². The molecule has 0 aliphatic heterocycles. The van der Waals surface area contributed by atoms with Crippen molar-refractivity contribution < 1.29 is 19.2 Å². The number of methoxy groups -OCH3 is 1. The van der Waals surface area contributed by atoms with Crippen LogP contribution in [0.15, 0.2) is 18.2 Å². The number of esters is 1. The molecular weight excluding hydrogens is 282 g/mol. The standard InChI is InChI=1S/C13H11NO5S/c1-9(15)20-7-3-4-10-5-6-11(13(16)19-2)8-12(10)14(17)18/h5-6,8H,7H2,1-2H3. The molecule has 20 heavy (non-hydrogen) atoms. The molecule has 1 rings (SSSR count). The minimum atomic E-state index is -0.653. The van der Waals surface area contributed by atoms with Crippen LogP contribution in [0.25, 0.3) is 0 Å². The zero-order valence-corrected chi connectivity index (χ0v) is 11.7. The monoisotopic (exact) mass is 293 g/mol. The van der Waals surface area contributed by atoms with Gasteiger partial charge in [0.05, 0.1) is 23.3 Å². The van der Waals surface area contributed by atoms with Crippen molar-refractivity contribution in [2.24, 2.45) is 0 Å². The Morgan fingerprint density at radius 3 is 2.70 bits per heavy atom. The zero-order valence-electron chi connectivity index (χ0n) is 10.8. The van der Waals surface area contributed by atoms with Crippen LogP contribution in [0.2, 0.25) is 0 Å². The van der Waals surface area contributed by atoms with Gasteiger partial charge in [-0.1, -0.05) is 23.6 Å². The van der Waals surface area contributed by atoms with E-state index in [9.17, 15) is 19.7 Å². The molecule has 0 heterocycles. The van der Waals surface area contributed by atoms with Gasteiger partial charge in [0.2, 0.25) is 0 Å². The summed E-state index contributed by atoms with van der Waals surface area (Å²) < 4.78 is 4.50. The van der Waals surface area contributed by atoms with E-state index in [2.05, 4.69) is 16.6 Å². The number of rotatable bonds is 3. The van der Waals surface area contributed by atoms with E-state index in [4.69, 9.17) is 0 Å². The number of nitrogens with zero attached hydrogens (tertiary/aromatic N) is 1. The predicted molar refractivity (Wildman–Crippen MR) is 74.5 cm³/mol. The molecule has 1 aromatic carbocycles. The van der Waals surface area contributed by atoms with Crippen molar-refractivity contribution in [3.63, 3.8) is 0 Å². The summed E-state index contributed by atoms with van der Waals surface area (Å²) >= 11 is 1.02. The highest BCUT2D eigenvalue weighted by atomic mass is 32.2. The summed E-state index contributed by atoms with van der Waals surface area (Å²) in [6.45, 7) is 1.42. The third-order valence-corrected chi connectivity index (χ3v) is 2.88. The van der Waals surface area contributed by atoms with E-state index in [0.29, 0.717) is 0 Å². The first-order chi connectivity index (χ1) is 9.45. The molecule has 6 nitrogen and oxygen atoms in total. The zero-order chi connectivity index (χ0) is 15.1. The number of nitro groups is 1. The lowest BCUT2D eigenvalue weighted by Gasteiger charge is -2.00. The molecule has 0 aromatic heterocycles. The molecule has 0 aliphatic rings. The van der Waals surface area contributed by atoms with Gasteiger partial charge in [-0.2, -0.15) is 0 Å².